The van der Waals surface area contributed by atoms with Gasteiger partial charge in [-0.15, -0.1) is 13.2 Å². The number of hydrogen-bond acceptors (Lipinski definition) is 4. The summed E-state index contributed by atoms with van der Waals surface area (Å²) in [4.78, 5) is 24.3. The van der Waals surface area contributed by atoms with E-state index in [1.165, 1.54) is 24.3 Å². The fourth-order valence-corrected chi connectivity index (χ4v) is 2.37. The van der Waals surface area contributed by atoms with Gasteiger partial charge in [0.2, 0.25) is 0 Å². The van der Waals surface area contributed by atoms with Gasteiger partial charge in [0.15, 0.2) is 0 Å². The van der Waals surface area contributed by atoms with Gasteiger partial charge >= 0.3 is 6.36 Å². The Morgan fingerprint density at radius 2 is 1.68 bits per heavy atom. The molecule has 0 aliphatic rings. The molecule has 1 amide bonds. The van der Waals surface area contributed by atoms with E-state index in [1.54, 1.807) is 0 Å². The molecule has 0 unspecified atom stereocenters. The number of carbonyl (C=O) groups is 1. The van der Waals surface area contributed by atoms with E-state index in [1.807, 2.05) is 30.3 Å². The number of amides is 1. The molecular weight excluding hydrogens is 375 g/mol. The van der Waals surface area contributed by atoms with Crippen LogP contribution in [0.2, 0.25) is 0 Å². The number of rotatable bonds is 5. The highest BCUT2D eigenvalue weighted by Crippen LogP contribution is 2.24. The Kier molecular flexibility index (Phi) is 5.44. The molecule has 0 saturated carbocycles. The van der Waals surface area contributed by atoms with Crippen LogP contribution in [0.3, 0.4) is 0 Å². The minimum Gasteiger partial charge on any atom is -0.406 e. The first kappa shape index (κ1) is 19.2. The predicted molar refractivity (Wildman–Crippen MR) is 95.1 cm³/mol. The van der Waals surface area contributed by atoms with Crippen LogP contribution in [0.5, 0.6) is 5.75 Å². The van der Waals surface area contributed by atoms with Crippen LogP contribution in [-0.2, 0) is 6.54 Å². The Bertz CT molecular complexity index is 1020. The second-order valence-electron chi connectivity index (χ2n) is 5.73. The van der Waals surface area contributed by atoms with E-state index >= 15 is 0 Å². The van der Waals surface area contributed by atoms with Crippen molar-refractivity contribution in [1.82, 2.24) is 9.78 Å². The molecule has 0 bridgehead atoms. The lowest BCUT2D eigenvalue weighted by molar-refractivity contribution is -0.274. The van der Waals surface area contributed by atoms with Gasteiger partial charge in [-0.25, -0.2) is 4.68 Å². The lowest BCUT2D eigenvalue weighted by atomic mass is 10.2. The van der Waals surface area contributed by atoms with Crippen LogP contribution in [0.1, 0.15) is 16.1 Å². The fourth-order valence-electron chi connectivity index (χ4n) is 2.37. The zero-order chi connectivity index (χ0) is 20.1. The number of alkyl halides is 3. The summed E-state index contributed by atoms with van der Waals surface area (Å²) in [5.41, 5.74) is 0.720. The summed E-state index contributed by atoms with van der Waals surface area (Å²) in [6, 6.07) is 16.3. The number of ether oxygens (including phenoxy) is 1. The first-order chi connectivity index (χ1) is 13.3. The standard InChI is InChI=1S/C19H14F3N3O3/c20-19(21,22)28-15-8-6-14(7-9-15)23-18(27)16-10-11-17(26)25(24-16)12-13-4-2-1-3-5-13/h1-11H,12H2,(H,23,27). The van der Waals surface area contributed by atoms with Gasteiger partial charge in [0.25, 0.3) is 11.5 Å². The van der Waals surface area contributed by atoms with Crippen LogP contribution in [0.25, 0.3) is 0 Å². The molecule has 9 heteroatoms. The number of carbonyl (C=O) groups excluding carboxylic acids is 1. The number of anilines is 1. The zero-order valence-corrected chi connectivity index (χ0v) is 14.3. The lowest BCUT2D eigenvalue weighted by Crippen LogP contribution is -2.26. The van der Waals surface area contributed by atoms with Gasteiger partial charge in [0.05, 0.1) is 6.54 Å². The second-order valence-corrected chi connectivity index (χ2v) is 5.73. The second kappa shape index (κ2) is 7.95. The number of benzene rings is 2. The number of aromatic nitrogens is 2. The quantitative estimate of drug-likeness (QED) is 0.726. The molecule has 0 radical (unpaired) electrons. The van der Waals surface area contributed by atoms with Crippen molar-refractivity contribution in [2.24, 2.45) is 0 Å². The van der Waals surface area contributed by atoms with E-state index < -0.39 is 18.0 Å². The van der Waals surface area contributed by atoms with E-state index in [2.05, 4.69) is 15.2 Å². The molecule has 6 nitrogen and oxygen atoms in total. The van der Waals surface area contributed by atoms with Gasteiger partial charge in [0.1, 0.15) is 11.4 Å². The van der Waals surface area contributed by atoms with E-state index in [4.69, 9.17) is 0 Å². The molecule has 0 aliphatic heterocycles. The molecule has 3 aromatic rings. The molecule has 0 saturated heterocycles. The largest absolute Gasteiger partial charge is 0.573 e. The predicted octanol–water partition coefficient (Wildman–Crippen LogP) is 3.44. The first-order valence-corrected chi connectivity index (χ1v) is 8.09. The summed E-state index contributed by atoms with van der Waals surface area (Å²) in [6.45, 7) is 0.199. The molecule has 0 atom stereocenters. The molecule has 3 rings (SSSR count). The third kappa shape index (κ3) is 5.19. The van der Waals surface area contributed by atoms with Crippen LogP contribution >= 0.6 is 0 Å². The van der Waals surface area contributed by atoms with Crippen molar-refractivity contribution in [2.45, 2.75) is 12.9 Å². The Hall–Kier alpha value is -3.62. The summed E-state index contributed by atoms with van der Waals surface area (Å²) in [5, 5.41) is 6.55. The monoisotopic (exact) mass is 389 g/mol. The van der Waals surface area contributed by atoms with Crippen LogP contribution in [-0.4, -0.2) is 22.1 Å². The van der Waals surface area contributed by atoms with Crippen LogP contribution in [0.4, 0.5) is 18.9 Å². The topological polar surface area (TPSA) is 73.2 Å². The Morgan fingerprint density at radius 3 is 2.32 bits per heavy atom. The van der Waals surface area contributed by atoms with Crippen LogP contribution in [0, 0.1) is 0 Å². The molecule has 1 N–H and O–H groups in total. The Balaban J connectivity index is 1.72. The van der Waals surface area contributed by atoms with Crippen LogP contribution in [0.15, 0.2) is 71.5 Å². The van der Waals surface area contributed by atoms with Gasteiger partial charge in [-0.2, -0.15) is 5.10 Å². The zero-order valence-electron chi connectivity index (χ0n) is 14.3. The highest BCUT2D eigenvalue weighted by molar-refractivity contribution is 6.02. The maximum absolute atomic E-state index is 12.3. The van der Waals surface area contributed by atoms with Crippen LogP contribution < -0.4 is 15.6 Å². The van der Waals surface area contributed by atoms with Crippen molar-refractivity contribution in [3.8, 4) is 5.75 Å². The lowest BCUT2D eigenvalue weighted by Gasteiger charge is -2.10. The summed E-state index contributed by atoms with van der Waals surface area (Å²) < 4.78 is 41.4. The number of halogens is 3. The third-order valence-corrected chi connectivity index (χ3v) is 3.62. The van der Waals surface area contributed by atoms with Crippen molar-refractivity contribution >= 4 is 11.6 Å². The van der Waals surface area contributed by atoms with Gasteiger partial charge in [-0.05, 0) is 35.9 Å². The van der Waals surface area contributed by atoms with Crippen molar-refractivity contribution < 1.29 is 22.7 Å². The summed E-state index contributed by atoms with van der Waals surface area (Å²) in [7, 11) is 0. The van der Waals surface area contributed by atoms with Gasteiger partial charge in [-0.1, -0.05) is 30.3 Å². The average Bonchev–Trinajstić information content (AvgIpc) is 2.65. The number of nitrogens with one attached hydrogen (secondary N) is 1. The maximum atomic E-state index is 12.3. The first-order valence-electron chi connectivity index (χ1n) is 8.09. The fraction of sp³-hybridized carbons (Fsp3) is 0.105. The highest BCUT2D eigenvalue weighted by Gasteiger charge is 2.30. The molecule has 1 aromatic heterocycles. The van der Waals surface area contributed by atoms with E-state index in [-0.39, 0.29) is 23.5 Å². The normalized spacial score (nSPS) is 11.1. The third-order valence-electron chi connectivity index (χ3n) is 3.62. The highest BCUT2D eigenvalue weighted by atomic mass is 19.4. The number of hydrogen-bond donors (Lipinski definition) is 1. The SMILES string of the molecule is O=C(Nc1ccc(OC(F)(F)F)cc1)c1ccc(=O)n(Cc2ccccc2)n1. The maximum Gasteiger partial charge on any atom is 0.573 e. The van der Waals surface area contributed by atoms with Gasteiger partial charge in [0, 0.05) is 11.8 Å². The number of nitrogens with zero attached hydrogens (tertiary/aromatic N) is 2. The average molecular weight is 389 g/mol. The molecule has 28 heavy (non-hydrogen) atoms. The van der Waals surface area contributed by atoms with E-state index in [9.17, 15) is 22.8 Å². The molecular formula is C19H14F3N3O3. The summed E-state index contributed by atoms with van der Waals surface area (Å²) >= 11 is 0. The minimum atomic E-state index is -4.79. The molecule has 2 aromatic carbocycles. The summed E-state index contributed by atoms with van der Waals surface area (Å²) in [6.07, 6.45) is -4.79. The summed E-state index contributed by atoms with van der Waals surface area (Å²) in [5.74, 6) is -1.01. The smallest absolute Gasteiger partial charge is 0.406 e. The van der Waals surface area contributed by atoms with Crippen molar-refractivity contribution in [2.75, 3.05) is 5.32 Å². The molecule has 144 valence electrons. The molecule has 0 aliphatic carbocycles. The Labute approximate surface area is 157 Å². The van der Waals surface area contributed by atoms with Crippen molar-refractivity contribution in [1.29, 1.82) is 0 Å². The minimum absolute atomic E-state index is 0.00820. The van der Waals surface area contributed by atoms with Crippen molar-refractivity contribution in [3.05, 3.63) is 88.3 Å². The van der Waals surface area contributed by atoms with E-state index in [0.29, 0.717) is 0 Å². The molecule has 1 heterocycles. The molecule has 0 fully saturated rings. The molecule has 0 spiro atoms. The van der Waals surface area contributed by atoms with Gasteiger partial charge < -0.3 is 10.1 Å². The van der Waals surface area contributed by atoms with E-state index in [0.717, 1.165) is 22.4 Å². The Morgan fingerprint density at radius 1 is 1.00 bits per heavy atom. The van der Waals surface area contributed by atoms with Crippen molar-refractivity contribution in [3.63, 3.8) is 0 Å². The van der Waals surface area contributed by atoms with Gasteiger partial charge in [-0.3, -0.25) is 9.59 Å².